The van der Waals surface area contributed by atoms with E-state index in [0.29, 0.717) is 11.4 Å². The minimum absolute atomic E-state index is 0.164. The van der Waals surface area contributed by atoms with Crippen LogP contribution in [0.1, 0.15) is 12.5 Å². The summed E-state index contributed by atoms with van der Waals surface area (Å²) in [5.74, 6) is 0.752. The molecular weight excluding hydrogens is 322 g/mol. The number of benzene rings is 2. The van der Waals surface area contributed by atoms with Gasteiger partial charge in [-0.1, -0.05) is 29.8 Å². The first-order valence-electron chi connectivity index (χ1n) is 6.81. The molecule has 0 saturated carbocycles. The Morgan fingerprint density at radius 3 is 2.59 bits per heavy atom. The SMILES string of the molecule is COc1cccc(CC(C)NS(=O)(=O)c2cccc(Cl)c2)c1. The fourth-order valence-electron chi connectivity index (χ4n) is 2.16. The highest BCUT2D eigenvalue weighted by Gasteiger charge is 2.17. The van der Waals surface area contributed by atoms with Gasteiger partial charge in [0, 0.05) is 11.1 Å². The molecule has 0 aliphatic carbocycles. The molecule has 0 fully saturated rings. The lowest BCUT2D eigenvalue weighted by molar-refractivity contribution is 0.414. The van der Waals surface area contributed by atoms with E-state index in [9.17, 15) is 8.42 Å². The monoisotopic (exact) mass is 339 g/mol. The minimum atomic E-state index is -3.58. The number of sulfonamides is 1. The van der Waals surface area contributed by atoms with Gasteiger partial charge in [-0.05, 0) is 49.2 Å². The summed E-state index contributed by atoms with van der Waals surface area (Å²) in [5.41, 5.74) is 1.00. The number of rotatable bonds is 6. The van der Waals surface area contributed by atoms with Crippen LogP contribution in [0.15, 0.2) is 53.4 Å². The van der Waals surface area contributed by atoms with Crippen molar-refractivity contribution in [3.05, 3.63) is 59.1 Å². The lowest BCUT2D eigenvalue weighted by atomic mass is 10.1. The Hall–Kier alpha value is -1.56. The van der Waals surface area contributed by atoms with Crippen molar-refractivity contribution >= 4 is 21.6 Å². The molecule has 6 heteroatoms. The van der Waals surface area contributed by atoms with Gasteiger partial charge >= 0.3 is 0 Å². The third kappa shape index (κ3) is 4.47. The van der Waals surface area contributed by atoms with Crippen LogP contribution in [0.5, 0.6) is 5.75 Å². The van der Waals surface area contributed by atoms with Gasteiger partial charge in [-0.3, -0.25) is 0 Å². The molecule has 1 N–H and O–H groups in total. The topological polar surface area (TPSA) is 55.4 Å². The normalized spacial score (nSPS) is 12.9. The maximum absolute atomic E-state index is 12.3. The number of nitrogens with one attached hydrogen (secondary N) is 1. The first kappa shape index (κ1) is 16.8. The quantitative estimate of drug-likeness (QED) is 0.878. The molecule has 0 radical (unpaired) electrons. The number of hydrogen-bond acceptors (Lipinski definition) is 3. The van der Waals surface area contributed by atoms with Crippen LogP contribution in [0, 0.1) is 0 Å². The van der Waals surface area contributed by atoms with Gasteiger partial charge in [0.2, 0.25) is 10.0 Å². The molecular formula is C16H18ClNO3S. The zero-order valence-corrected chi connectivity index (χ0v) is 14.0. The lowest BCUT2D eigenvalue weighted by Gasteiger charge is -2.15. The molecule has 0 spiro atoms. The van der Waals surface area contributed by atoms with Gasteiger partial charge in [0.1, 0.15) is 5.75 Å². The predicted molar refractivity (Wildman–Crippen MR) is 87.9 cm³/mol. The molecule has 0 aliphatic rings. The summed E-state index contributed by atoms with van der Waals surface area (Å²) in [6.07, 6.45) is 0.566. The standard InChI is InChI=1S/C16H18ClNO3S/c1-12(9-13-5-3-7-15(10-13)21-2)18-22(19,20)16-8-4-6-14(17)11-16/h3-8,10-12,18H,9H2,1-2H3. The van der Waals surface area contributed by atoms with Gasteiger partial charge in [-0.2, -0.15) is 0 Å². The van der Waals surface area contributed by atoms with Crippen LogP contribution in [0.25, 0.3) is 0 Å². The van der Waals surface area contributed by atoms with Crippen molar-refractivity contribution in [1.29, 1.82) is 0 Å². The first-order chi connectivity index (χ1) is 10.4. The molecule has 0 amide bonds. The van der Waals surface area contributed by atoms with E-state index in [4.69, 9.17) is 16.3 Å². The van der Waals surface area contributed by atoms with Crippen molar-refractivity contribution in [2.75, 3.05) is 7.11 Å². The van der Waals surface area contributed by atoms with Crippen molar-refractivity contribution in [2.24, 2.45) is 0 Å². The predicted octanol–water partition coefficient (Wildman–Crippen LogP) is 3.26. The number of halogens is 1. The Labute approximate surface area is 136 Å². The molecule has 118 valence electrons. The molecule has 0 aliphatic heterocycles. The number of hydrogen-bond donors (Lipinski definition) is 1. The van der Waals surface area contributed by atoms with Crippen molar-refractivity contribution < 1.29 is 13.2 Å². The molecule has 0 aromatic heterocycles. The van der Waals surface area contributed by atoms with E-state index in [1.165, 1.54) is 12.1 Å². The van der Waals surface area contributed by atoms with Crippen LogP contribution in [0.4, 0.5) is 0 Å². The maximum atomic E-state index is 12.3. The van der Waals surface area contributed by atoms with Crippen molar-refractivity contribution in [3.63, 3.8) is 0 Å². The van der Waals surface area contributed by atoms with Crippen molar-refractivity contribution in [1.82, 2.24) is 4.72 Å². The molecule has 4 nitrogen and oxygen atoms in total. The van der Waals surface area contributed by atoms with Crippen LogP contribution >= 0.6 is 11.6 Å². The van der Waals surface area contributed by atoms with Crippen molar-refractivity contribution in [3.8, 4) is 5.75 Å². The average Bonchev–Trinajstić information content (AvgIpc) is 2.46. The fraction of sp³-hybridized carbons (Fsp3) is 0.250. The van der Waals surface area contributed by atoms with E-state index in [1.807, 2.05) is 31.2 Å². The average molecular weight is 340 g/mol. The Morgan fingerprint density at radius 2 is 1.91 bits per heavy atom. The van der Waals surface area contributed by atoms with E-state index in [0.717, 1.165) is 11.3 Å². The van der Waals surface area contributed by atoms with E-state index in [-0.39, 0.29) is 10.9 Å². The zero-order valence-electron chi connectivity index (χ0n) is 12.4. The second-order valence-electron chi connectivity index (χ2n) is 5.04. The molecule has 0 saturated heterocycles. The minimum Gasteiger partial charge on any atom is -0.497 e. The third-order valence-electron chi connectivity index (χ3n) is 3.14. The summed E-state index contributed by atoms with van der Waals surface area (Å²) >= 11 is 5.84. The van der Waals surface area contributed by atoms with Crippen LogP contribution < -0.4 is 9.46 Å². The summed E-state index contributed by atoms with van der Waals surface area (Å²) in [5, 5.41) is 0.392. The van der Waals surface area contributed by atoms with Gasteiger partial charge in [0.25, 0.3) is 0 Å². The largest absolute Gasteiger partial charge is 0.497 e. The molecule has 2 aromatic rings. The molecule has 2 aromatic carbocycles. The van der Waals surface area contributed by atoms with Gasteiger partial charge in [0.05, 0.1) is 12.0 Å². The van der Waals surface area contributed by atoms with E-state index in [1.54, 1.807) is 19.2 Å². The Balaban J connectivity index is 2.09. The van der Waals surface area contributed by atoms with Crippen LogP contribution in [0.2, 0.25) is 5.02 Å². The Bertz CT molecular complexity index is 747. The zero-order chi connectivity index (χ0) is 16.2. The fourth-order valence-corrected chi connectivity index (χ4v) is 3.71. The van der Waals surface area contributed by atoms with Gasteiger partial charge in [0.15, 0.2) is 0 Å². The molecule has 2 rings (SSSR count). The van der Waals surface area contributed by atoms with Crippen LogP contribution in [-0.2, 0) is 16.4 Å². The second-order valence-corrected chi connectivity index (χ2v) is 7.19. The highest BCUT2D eigenvalue weighted by molar-refractivity contribution is 7.89. The van der Waals surface area contributed by atoms with Gasteiger partial charge in [-0.25, -0.2) is 13.1 Å². The van der Waals surface area contributed by atoms with E-state index < -0.39 is 10.0 Å². The Kier molecular flexibility index (Phi) is 5.45. The smallest absolute Gasteiger partial charge is 0.240 e. The molecule has 0 heterocycles. The highest BCUT2D eigenvalue weighted by Crippen LogP contribution is 2.17. The van der Waals surface area contributed by atoms with Crippen LogP contribution in [-0.4, -0.2) is 21.6 Å². The summed E-state index contributed by atoms with van der Waals surface area (Å²) in [6.45, 7) is 1.82. The summed E-state index contributed by atoms with van der Waals surface area (Å²) < 4.78 is 32.5. The van der Waals surface area contributed by atoms with Crippen molar-refractivity contribution in [2.45, 2.75) is 24.3 Å². The van der Waals surface area contributed by atoms with Crippen LogP contribution in [0.3, 0.4) is 0 Å². The third-order valence-corrected chi connectivity index (χ3v) is 4.96. The summed E-state index contributed by atoms with van der Waals surface area (Å²) in [4.78, 5) is 0.164. The Morgan fingerprint density at radius 1 is 1.18 bits per heavy atom. The lowest BCUT2D eigenvalue weighted by Crippen LogP contribution is -2.34. The summed E-state index contributed by atoms with van der Waals surface area (Å²) in [7, 11) is -1.98. The van der Waals surface area contributed by atoms with E-state index >= 15 is 0 Å². The maximum Gasteiger partial charge on any atom is 0.240 e. The highest BCUT2D eigenvalue weighted by atomic mass is 35.5. The molecule has 1 atom stereocenters. The van der Waals surface area contributed by atoms with Gasteiger partial charge < -0.3 is 4.74 Å². The van der Waals surface area contributed by atoms with E-state index in [2.05, 4.69) is 4.72 Å². The summed E-state index contributed by atoms with van der Waals surface area (Å²) in [6, 6.07) is 13.5. The second kappa shape index (κ2) is 7.13. The first-order valence-corrected chi connectivity index (χ1v) is 8.67. The van der Waals surface area contributed by atoms with Gasteiger partial charge in [-0.15, -0.1) is 0 Å². The molecule has 22 heavy (non-hydrogen) atoms. The number of ether oxygens (including phenoxy) is 1. The number of methoxy groups -OCH3 is 1. The molecule has 0 bridgehead atoms. The molecule has 1 unspecified atom stereocenters.